The number of fused-ring (bicyclic) bond motifs is 1. The van der Waals surface area contributed by atoms with Gasteiger partial charge in [-0.05, 0) is 36.2 Å². The topological polar surface area (TPSA) is 41.6 Å². The predicted molar refractivity (Wildman–Crippen MR) is 97.6 cm³/mol. The first-order valence-corrected chi connectivity index (χ1v) is 6.77. The molecule has 108 valence electrons. The molecule has 2 aromatic carbocycles. The molecule has 0 bridgehead atoms. The molecule has 0 aliphatic heterocycles. The van der Waals surface area contributed by atoms with Gasteiger partial charge in [0.05, 0.1) is 6.54 Å². The van der Waals surface area contributed by atoms with Crippen LogP contribution in [-0.4, -0.2) is 23.9 Å². The molecule has 20 heavy (non-hydrogen) atoms. The van der Waals surface area contributed by atoms with Crippen LogP contribution >= 0.6 is 24.0 Å². The monoisotopic (exact) mass is 383 g/mol. The number of rotatable bonds is 4. The third kappa shape index (κ3) is 4.10. The van der Waals surface area contributed by atoms with E-state index in [1.807, 2.05) is 0 Å². The molecule has 4 heteroatoms. The van der Waals surface area contributed by atoms with Crippen molar-refractivity contribution in [3.63, 3.8) is 0 Å². The molecule has 0 saturated carbocycles. The predicted octanol–water partition coefficient (Wildman–Crippen LogP) is 3.61. The fourth-order valence-corrected chi connectivity index (χ4v) is 2.16. The first-order valence-electron chi connectivity index (χ1n) is 6.77. The van der Waals surface area contributed by atoms with Gasteiger partial charge in [0.2, 0.25) is 0 Å². The first kappa shape index (κ1) is 16.8. The molecule has 0 spiro atoms. The zero-order valence-electron chi connectivity index (χ0n) is 12.0. The standard InChI is InChI=1S/C16H21N3.HI/c1-3-19(4-2)16(17)18-12-13-9-10-14-7-5-6-8-15(14)11-13;/h5-11H,3-4,12H2,1-2H3,(H2,17,18);1H. The SMILES string of the molecule is CCN(CC)C(N)=NCc1ccc2ccccc2c1.I. The summed E-state index contributed by atoms with van der Waals surface area (Å²) in [5.74, 6) is 0.623. The van der Waals surface area contributed by atoms with Gasteiger partial charge in [0.1, 0.15) is 0 Å². The second-order valence-electron chi connectivity index (χ2n) is 4.53. The fraction of sp³-hybridized carbons (Fsp3) is 0.312. The molecular formula is C16H22IN3. The average Bonchev–Trinajstić information content (AvgIpc) is 2.46. The zero-order valence-corrected chi connectivity index (χ0v) is 14.4. The van der Waals surface area contributed by atoms with Crippen LogP contribution < -0.4 is 5.73 Å². The van der Waals surface area contributed by atoms with Gasteiger partial charge in [-0.1, -0.05) is 36.4 Å². The van der Waals surface area contributed by atoms with Crippen LogP contribution in [0.2, 0.25) is 0 Å². The summed E-state index contributed by atoms with van der Waals surface area (Å²) in [6.45, 7) is 6.59. The molecule has 0 atom stereocenters. The molecular weight excluding hydrogens is 361 g/mol. The van der Waals surface area contributed by atoms with E-state index in [-0.39, 0.29) is 24.0 Å². The molecule has 2 aromatic rings. The van der Waals surface area contributed by atoms with Crippen molar-refractivity contribution >= 4 is 40.7 Å². The Morgan fingerprint density at radius 3 is 2.35 bits per heavy atom. The summed E-state index contributed by atoms with van der Waals surface area (Å²) in [4.78, 5) is 6.52. The largest absolute Gasteiger partial charge is 0.370 e. The number of nitrogens with zero attached hydrogens (tertiary/aromatic N) is 2. The van der Waals surface area contributed by atoms with Gasteiger partial charge in [0, 0.05) is 13.1 Å². The van der Waals surface area contributed by atoms with Crippen molar-refractivity contribution in [1.29, 1.82) is 0 Å². The van der Waals surface area contributed by atoms with Crippen LogP contribution in [0.1, 0.15) is 19.4 Å². The molecule has 0 radical (unpaired) electrons. The third-order valence-electron chi connectivity index (χ3n) is 3.32. The molecule has 0 unspecified atom stereocenters. The second kappa shape index (κ2) is 8.09. The van der Waals surface area contributed by atoms with E-state index >= 15 is 0 Å². The van der Waals surface area contributed by atoms with Gasteiger partial charge < -0.3 is 10.6 Å². The minimum atomic E-state index is 0. The van der Waals surface area contributed by atoms with E-state index < -0.39 is 0 Å². The van der Waals surface area contributed by atoms with Gasteiger partial charge in [-0.3, -0.25) is 0 Å². The maximum Gasteiger partial charge on any atom is 0.191 e. The van der Waals surface area contributed by atoms with Gasteiger partial charge in [-0.25, -0.2) is 4.99 Å². The summed E-state index contributed by atoms with van der Waals surface area (Å²) in [7, 11) is 0. The molecule has 0 amide bonds. The Kier molecular flexibility index (Phi) is 6.78. The van der Waals surface area contributed by atoms with Crippen molar-refractivity contribution in [1.82, 2.24) is 4.90 Å². The van der Waals surface area contributed by atoms with Gasteiger partial charge in [0.25, 0.3) is 0 Å². The first-order chi connectivity index (χ1) is 9.24. The Balaban J connectivity index is 0.00000200. The Hall–Kier alpha value is -1.30. The van der Waals surface area contributed by atoms with Gasteiger partial charge in [0.15, 0.2) is 5.96 Å². The quantitative estimate of drug-likeness (QED) is 0.498. The van der Waals surface area contributed by atoms with Crippen LogP contribution in [0.4, 0.5) is 0 Å². The molecule has 0 aliphatic carbocycles. The van der Waals surface area contributed by atoms with Crippen LogP contribution in [0.15, 0.2) is 47.5 Å². The minimum absolute atomic E-state index is 0. The van der Waals surface area contributed by atoms with E-state index in [4.69, 9.17) is 5.73 Å². The summed E-state index contributed by atoms with van der Waals surface area (Å²) >= 11 is 0. The highest BCUT2D eigenvalue weighted by atomic mass is 127. The molecule has 0 saturated heterocycles. The van der Waals surface area contributed by atoms with Crippen LogP contribution in [0.3, 0.4) is 0 Å². The summed E-state index contributed by atoms with van der Waals surface area (Å²) in [5.41, 5.74) is 7.16. The highest BCUT2D eigenvalue weighted by Crippen LogP contribution is 2.16. The van der Waals surface area contributed by atoms with E-state index in [9.17, 15) is 0 Å². The minimum Gasteiger partial charge on any atom is -0.370 e. The zero-order chi connectivity index (χ0) is 13.7. The third-order valence-corrected chi connectivity index (χ3v) is 3.32. The van der Waals surface area contributed by atoms with Crippen molar-refractivity contribution in [2.75, 3.05) is 13.1 Å². The van der Waals surface area contributed by atoms with E-state index in [1.165, 1.54) is 16.3 Å². The maximum atomic E-state index is 5.98. The van der Waals surface area contributed by atoms with E-state index in [0.717, 1.165) is 13.1 Å². The van der Waals surface area contributed by atoms with E-state index in [2.05, 4.69) is 66.2 Å². The number of hydrogen-bond acceptors (Lipinski definition) is 1. The van der Waals surface area contributed by atoms with Crippen molar-refractivity contribution in [2.24, 2.45) is 10.7 Å². The number of guanidine groups is 1. The number of hydrogen-bond donors (Lipinski definition) is 1. The van der Waals surface area contributed by atoms with Gasteiger partial charge >= 0.3 is 0 Å². The molecule has 0 aromatic heterocycles. The smallest absolute Gasteiger partial charge is 0.191 e. The number of halogens is 1. The number of aliphatic imine (C=N–C) groups is 1. The highest BCUT2D eigenvalue weighted by Gasteiger charge is 2.02. The maximum absolute atomic E-state index is 5.98. The lowest BCUT2D eigenvalue weighted by Crippen LogP contribution is -2.37. The van der Waals surface area contributed by atoms with Crippen molar-refractivity contribution in [3.05, 3.63) is 48.0 Å². The van der Waals surface area contributed by atoms with Crippen molar-refractivity contribution in [2.45, 2.75) is 20.4 Å². The van der Waals surface area contributed by atoms with E-state index in [1.54, 1.807) is 0 Å². The molecule has 3 nitrogen and oxygen atoms in total. The molecule has 0 fully saturated rings. The van der Waals surface area contributed by atoms with Crippen LogP contribution in [0, 0.1) is 0 Å². The number of benzene rings is 2. The Bertz CT molecular complexity index is 577. The highest BCUT2D eigenvalue weighted by molar-refractivity contribution is 14.0. The van der Waals surface area contributed by atoms with Gasteiger partial charge in [-0.15, -0.1) is 24.0 Å². The Morgan fingerprint density at radius 2 is 1.70 bits per heavy atom. The second-order valence-corrected chi connectivity index (χ2v) is 4.53. The summed E-state index contributed by atoms with van der Waals surface area (Å²) < 4.78 is 0. The van der Waals surface area contributed by atoms with Crippen molar-refractivity contribution in [3.8, 4) is 0 Å². The summed E-state index contributed by atoms with van der Waals surface area (Å²) in [6.07, 6.45) is 0. The van der Waals surface area contributed by atoms with Crippen molar-refractivity contribution < 1.29 is 0 Å². The van der Waals surface area contributed by atoms with E-state index in [0.29, 0.717) is 12.5 Å². The Labute approximate surface area is 137 Å². The van der Waals surface area contributed by atoms with Gasteiger partial charge in [-0.2, -0.15) is 0 Å². The normalized spacial score (nSPS) is 11.2. The van der Waals surface area contributed by atoms with Crippen LogP contribution in [0.25, 0.3) is 10.8 Å². The molecule has 0 aliphatic rings. The molecule has 0 heterocycles. The fourth-order valence-electron chi connectivity index (χ4n) is 2.16. The molecule has 2 N–H and O–H groups in total. The lowest BCUT2D eigenvalue weighted by Gasteiger charge is -2.19. The lowest BCUT2D eigenvalue weighted by atomic mass is 10.1. The lowest BCUT2D eigenvalue weighted by molar-refractivity contribution is 0.458. The van der Waals surface area contributed by atoms with Crippen LogP contribution in [0.5, 0.6) is 0 Å². The number of nitrogens with two attached hydrogens (primary N) is 1. The summed E-state index contributed by atoms with van der Waals surface area (Å²) in [5, 5.41) is 2.50. The average molecular weight is 383 g/mol. The summed E-state index contributed by atoms with van der Waals surface area (Å²) in [6, 6.07) is 14.8. The van der Waals surface area contributed by atoms with Crippen LogP contribution in [-0.2, 0) is 6.54 Å². The molecule has 2 rings (SSSR count). The Morgan fingerprint density at radius 1 is 1.05 bits per heavy atom.